The first-order valence-corrected chi connectivity index (χ1v) is 11.7. The second-order valence-electron chi connectivity index (χ2n) is 7.08. The van der Waals surface area contributed by atoms with E-state index in [0.29, 0.717) is 6.54 Å². The van der Waals surface area contributed by atoms with Gasteiger partial charge in [-0.25, -0.2) is 13.4 Å². The summed E-state index contributed by atoms with van der Waals surface area (Å²) in [6.45, 7) is 5.14. The predicted molar refractivity (Wildman–Crippen MR) is 110 cm³/mol. The zero-order valence-electron chi connectivity index (χ0n) is 15.7. The van der Waals surface area contributed by atoms with Crippen molar-refractivity contribution < 1.29 is 17.2 Å². The second-order valence-corrected chi connectivity index (χ2v) is 10.1. The summed E-state index contributed by atoms with van der Waals surface area (Å²) in [5.41, 5.74) is 1.96. The molecule has 29 heavy (non-hydrogen) atoms. The van der Waals surface area contributed by atoms with E-state index in [4.69, 9.17) is 4.98 Å². The Kier molecular flexibility index (Phi) is 5.91. The number of benzene rings is 2. The molecule has 0 amide bonds. The Hall–Kier alpha value is -1.94. The molecule has 0 aliphatic carbocycles. The van der Waals surface area contributed by atoms with Gasteiger partial charge in [0.25, 0.3) is 0 Å². The highest BCUT2D eigenvalue weighted by Gasteiger charge is 2.26. The van der Waals surface area contributed by atoms with Gasteiger partial charge in [0.05, 0.1) is 21.7 Å². The van der Waals surface area contributed by atoms with Crippen LogP contribution in [0.5, 0.6) is 0 Å². The molecular weight excluding hydrogens is 416 g/mol. The molecule has 2 heterocycles. The molecule has 0 bridgehead atoms. The average molecular weight is 438 g/mol. The van der Waals surface area contributed by atoms with Gasteiger partial charge in [-0.15, -0.1) is 11.3 Å². The summed E-state index contributed by atoms with van der Waals surface area (Å²) >= 11 is 1.73. The first-order chi connectivity index (χ1) is 13.9. The minimum absolute atomic E-state index is 0.336. The van der Waals surface area contributed by atoms with E-state index in [0.717, 1.165) is 48.8 Å². The van der Waals surface area contributed by atoms with Crippen molar-refractivity contribution in [3.8, 4) is 0 Å². The maximum atomic E-state index is 12.6. The Morgan fingerprint density at radius 2 is 1.55 bits per heavy atom. The molecule has 1 fully saturated rings. The van der Waals surface area contributed by atoms with Crippen LogP contribution in [-0.4, -0.2) is 55.1 Å². The van der Waals surface area contributed by atoms with Crippen molar-refractivity contribution >= 4 is 31.4 Å². The van der Waals surface area contributed by atoms with E-state index in [2.05, 4.69) is 15.9 Å². The van der Waals surface area contributed by atoms with Gasteiger partial charge in [-0.1, -0.05) is 24.3 Å². The molecule has 4 rings (SSSR count). The monoisotopic (exact) mass is 437 g/mol. The van der Waals surface area contributed by atoms with Crippen LogP contribution >= 0.6 is 11.3 Å². The fourth-order valence-electron chi connectivity index (χ4n) is 3.43. The van der Waals surface area contributed by atoms with Crippen molar-refractivity contribution in [3.05, 3.63) is 59.1 Å². The lowest BCUT2D eigenvalue weighted by Crippen LogP contribution is -2.45. The van der Waals surface area contributed by atoms with Crippen molar-refractivity contribution in [1.29, 1.82) is 0 Å². The summed E-state index contributed by atoms with van der Waals surface area (Å²) in [7, 11) is -4.53. The zero-order valence-corrected chi connectivity index (χ0v) is 17.3. The average Bonchev–Trinajstić information content (AvgIpc) is 3.12. The first kappa shape index (κ1) is 20.3. The number of sulfone groups is 1. The smallest absolute Gasteiger partial charge is 0.297 e. The van der Waals surface area contributed by atoms with E-state index in [1.807, 2.05) is 18.2 Å². The molecule has 9 heteroatoms. The van der Waals surface area contributed by atoms with Crippen LogP contribution in [0, 0.1) is 0 Å². The standard InChI is InChI=1S/C20H21F2N3O2S2/c21-20(22)29(26,27)16-7-5-15(6-8-16)13-24-9-11-25(12-10-24)14-19-23-17-3-1-2-4-18(17)28-19/h1-8,20H,9-14H2. The topological polar surface area (TPSA) is 53.5 Å². The summed E-state index contributed by atoms with van der Waals surface area (Å²) in [4.78, 5) is 9.02. The van der Waals surface area contributed by atoms with Crippen LogP contribution in [0.1, 0.15) is 10.6 Å². The number of halogens is 2. The second kappa shape index (κ2) is 8.43. The van der Waals surface area contributed by atoms with Gasteiger partial charge in [-0.2, -0.15) is 8.78 Å². The lowest BCUT2D eigenvalue weighted by Gasteiger charge is -2.34. The van der Waals surface area contributed by atoms with Crippen LogP contribution in [-0.2, 0) is 22.9 Å². The Labute approximate surface area is 172 Å². The molecule has 0 saturated carbocycles. The van der Waals surface area contributed by atoms with Gasteiger partial charge in [0.15, 0.2) is 0 Å². The third-order valence-electron chi connectivity index (χ3n) is 5.05. The summed E-state index contributed by atoms with van der Waals surface area (Å²) < 4.78 is 49.5. The van der Waals surface area contributed by atoms with Crippen molar-refractivity contribution in [2.24, 2.45) is 0 Å². The fourth-order valence-corrected chi connectivity index (χ4v) is 5.16. The van der Waals surface area contributed by atoms with Crippen LogP contribution < -0.4 is 0 Å². The number of hydrogen-bond donors (Lipinski definition) is 0. The summed E-state index contributed by atoms with van der Waals surface area (Å²) in [5, 5.41) is 1.12. The Morgan fingerprint density at radius 3 is 2.17 bits per heavy atom. The number of rotatable bonds is 6. The minimum Gasteiger partial charge on any atom is -0.297 e. The lowest BCUT2D eigenvalue weighted by molar-refractivity contribution is 0.122. The highest BCUT2D eigenvalue weighted by Crippen LogP contribution is 2.23. The summed E-state index contributed by atoms with van der Waals surface area (Å²) in [5.74, 6) is -3.39. The molecule has 0 radical (unpaired) electrons. The quantitative estimate of drug-likeness (QED) is 0.590. The molecule has 2 aromatic carbocycles. The van der Waals surface area contributed by atoms with Crippen LogP contribution in [0.4, 0.5) is 8.78 Å². The number of fused-ring (bicyclic) bond motifs is 1. The molecule has 154 valence electrons. The number of alkyl halides is 2. The Morgan fingerprint density at radius 1 is 0.931 bits per heavy atom. The molecule has 3 aromatic rings. The van der Waals surface area contributed by atoms with Gasteiger partial charge >= 0.3 is 5.76 Å². The highest BCUT2D eigenvalue weighted by atomic mass is 32.2. The summed E-state index contributed by atoms with van der Waals surface area (Å²) in [6, 6.07) is 13.9. The minimum atomic E-state index is -4.53. The largest absolute Gasteiger partial charge is 0.341 e. The molecule has 1 saturated heterocycles. The van der Waals surface area contributed by atoms with E-state index >= 15 is 0 Å². The maximum absolute atomic E-state index is 12.6. The predicted octanol–water partition coefficient (Wildman–Crippen LogP) is 3.61. The third-order valence-corrected chi connectivity index (χ3v) is 7.47. The van der Waals surface area contributed by atoms with Gasteiger partial charge in [-0.05, 0) is 29.8 Å². The fraction of sp³-hybridized carbons (Fsp3) is 0.350. The molecule has 0 spiro atoms. The number of aromatic nitrogens is 1. The van der Waals surface area contributed by atoms with Crippen molar-refractivity contribution in [2.75, 3.05) is 26.2 Å². The SMILES string of the molecule is O=S(=O)(c1ccc(CN2CCN(Cc3nc4ccccc4s3)CC2)cc1)C(F)F. The molecule has 0 N–H and O–H groups in total. The number of nitrogens with zero attached hydrogens (tertiary/aromatic N) is 3. The van der Waals surface area contributed by atoms with Gasteiger partial charge < -0.3 is 0 Å². The Balaban J connectivity index is 1.30. The molecular formula is C20H21F2N3O2S2. The van der Waals surface area contributed by atoms with Crippen molar-refractivity contribution in [1.82, 2.24) is 14.8 Å². The molecule has 1 aliphatic heterocycles. The highest BCUT2D eigenvalue weighted by molar-refractivity contribution is 7.91. The molecule has 0 atom stereocenters. The van der Waals surface area contributed by atoms with E-state index in [1.165, 1.54) is 16.8 Å². The van der Waals surface area contributed by atoms with E-state index in [1.54, 1.807) is 23.5 Å². The Bertz CT molecular complexity index is 1040. The van der Waals surface area contributed by atoms with Gasteiger partial charge in [0.1, 0.15) is 5.01 Å². The van der Waals surface area contributed by atoms with Crippen LogP contribution in [0.15, 0.2) is 53.4 Å². The van der Waals surface area contributed by atoms with Gasteiger partial charge in [0.2, 0.25) is 9.84 Å². The lowest BCUT2D eigenvalue weighted by atomic mass is 10.2. The van der Waals surface area contributed by atoms with E-state index in [9.17, 15) is 17.2 Å². The molecule has 1 aliphatic rings. The number of para-hydroxylation sites is 1. The number of piperazine rings is 1. The summed E-state index contributed by atoms with van der Waals surface area (Å²) in [6.07, 6.45) is 0. The van der Waals surface area contributed by atoms with Crippen LogP contribution in [0.3, 0.4) is 0 Å². The van der Waals surface area contributed by atoms with Crippen molar-refractivity contribution in [3.63, 3.8) is 0 Å². The van der Waals surface area contributed by atoms with Crippen LogP contribution in [0.2, 0.25) is 0 Å². The molecule has 0 unspecified atom stereocenters. The first-order valence-electron chi connectivity index (χ1n) is 9.32. The van der Waals surface area contributed by atoms with Gasteiger partial charge in [-0.3, -0.25) is 9.80 Å². The van der Waals surface area contributed by atoms with Gasteiger partial charge in [0, 0.05) is 32.7 Å². The van der Waals surface area contributed by atoms with E-state index < -0.39 is 15.6 Å². The maximum Gasteiger partial charge on any atom is 0.341 e. The zero-order chi connectivity index (χ0) is 20.4. The number of thiazole rings is 1. The third kappa shape index (κ3) is 4.63. The van der Waals surface area contributed by atoms with Crippen molar-refractivity contribution in [2.45, 2.75) is 23.7 Å². The molecule has 5 nitrogen and oxygen atoms in total. The molecule has 1 aromatic heterocycles. The van der Waals surface area contributed by atoms with Crippen LogP contribution in [0.25, 0.3) is 10.2 Å². The normalized spacial score (nSPS) is 16.7. The number of hydrogen-bond acceptors (Lipinski definition) is 6. The van der Waals surface area contributed by atoms with E-state index in [-0.39, 0.29) is 4.90 Å².